The van der Waals surface area contributed by atoms with Gasteiger partial charge in [0.15, 0.2) is 5.78 Å². The van der Waals surface area contributed by atoms with Gasteiger partial charge in [0, 0.05) is 5.56 Å². The molecule has 0 amide bonds. The number of carbonyl (C=O) groups excluding carboxylic acids is 2. The van der Waals surface area contributed by atoms with Crippen LogP contribution in [0.25, 0.3) is 0 Å². The molecule has 0 spiro atoms. The molecule has 4 nitrogen and oxygen atoms in total. The molecule has 0 aliphatic carbocycles. The van der Waals surface area contributed by atoms with Gasteiger partial charge in [-0.25, -0.2) is 0 Å². The molecule has 23 heavy (non-hydrogen) atoms. The summed E-state index contributed by atoms with van der Waals surface area (Å²) in [7, 11) is 0. The number of ketones is 1. The smallest absolute Gasteiger partial charge is 0.311 e. The van der Waals surface area contributed by atoms with E-state index in [0.717, 1.165) is 11.3 Å². The maximum absolute atomic E-state index is 12.0. The van der Waals surface area contributed by atoms with Gasteiger partial charge in [-0.1, -0.05) is 30.3 Å². The number of hydrogen-bond donors (Lipinski definition) is 0. The van der Waals surface area contributed by atoms with E-state index in [0.29, 0.717) is 24.3 Å². The molecule has 2 rings (SSSR count). The summed E-state index contributed by atoms with van der Waals surface area (Å²) in [5.74, 6) is 0.785. The van der Waals surface area contributed by atoms with Crippen molar-refractivity contribution >= 4 is 11.8 Å². The van der Waals surface area contributed by atoms with Crippen molar-refractivity contribution in [3.8, 4) is 11.5 Å². The molecule has 0 fully saturated rings. The first-order valence-corrected chi connectivity index (χ1v) is 7.62. The van der Waals surface area contributed by atoms with Gasteiger partial charge in [0.2, 0.25) is 0 Å². The van der Waals surface area contributed by atoms with Crippen LogP contribution in [0.2, 0.25) is 0 Å². The van der Waals surface area contributed by atoms with Crippen molar-refractivity contribution in [2.45, 2.75) is 26.7 Å². The maximum Gasteiger partial charge on any atom is 0.311 e. The summed E-state index contributed by atoms with van der Waals surface area (Å²) in [6, 6.07) is 14.3. The first kappa shape index (κ1) is 16.7. The number of carbonyl (C=O) groups is 2. The molecular weight excluding hydrogens is 292 g/mol. The number of ether oxygens (including phenoxy) is 2. The van der Waals surface area contributed by atoms with Crippen molar-refractivity contribution in [2.75, 3.05) is 6.61 Å². The van der Waals surface area contributed by atoms with Crippen LogP contribution in [0.5, 0.6) is 11.5 Å². The largest absolute Gasteiger partial charge is 0.494 e. The van der Waals surface area contributed by atoms with E-state index in [-0.39, 0.29) is 18.2 Å². The number of hydrogen-bond acceptors (Lipinski definition) is 4. The molecule has 0 radical (unpaired) electrons. The van der Waals surface area contributed by atoms with E-state index < -0.39 is 0 Å². The fraction of sp³-hybridized carbons (Fsp3) is 0.263. The Hall–Kier alpha value is -2.62. The summed E-state index contributed by atoms with van der Waals surface area (Å²) in [6.07, 6.45) is 0.787. The highest BCUT2D eigenvalue weighted by molar-refractivity contribution is 5.94. The maximum atomic E-state index is 12.0. The van der Waals surface area contributed by atoms with Crippen LogP contribution in [0.1, 0.15) is 36.2 Å². The highest BCUT2D eigenvalue weighted by Crippen LogP contribution is 2.20. The predicted molar refractivity (Wildman–Crippen MR) is 88.0 cm³/mol. The van der Waals surface area contributed by atoms with Gasteiger partial charge in [-0.3, -0.25) is 9.59 Å². The van der Waals surface area contributed by atoms with Crippen LogP contribution in [-0.4, -0.2) is 18.4 Å². The molecule has 0 saturated carbocycles. The van der Waals surface area contributed by atoms with Gasteiger partial charge >= 0.3 is 5.97 Å². The molecule has 2 aromatic rings. The number of esters is 1. The molecule has 0 saturated heterocycles. The molecule has 0 heterocycles. The van der Waals surface area contributed by atoms with Crippen LogP contribution in [0, 0.1) is 0 Å². The molecule has 0 aliphatic rings. The zero-order valence-corrected chi connectivity index (χ0v) is 13.4. The standard InChI is InChI=1S/C19H20O4/c1-3-22-18-10-5-4-7-15(18)11-12-19(21)23-17-9-6-8-16(13-17)14(2)20/h4-10,13H,3,11-12H2,1-2H3. The molecule has 120 valence electrons. The quantitative estimate of drug-likeness (QED) is 0.443. The Labute approximate surface area is 136 Å². The lowest BCUT2D eigenvalue weighted by atomic mass is 10.1. The monoisotopic (exact) mass is 312 g/mol. The molecule has 4 heteroatoms. The van der Waals surface area contributed by atoms with Gasteiger partial charge < -0.3 is 9.47 Å². The molecule has 0 aromatic heterocycles. The number of benzene rings is 2. The minimum absolute atomic E-state index is 0.0615. The Kier molecular flexibility index (Phi) is 5.92. The second-order valence-corrected chi connectivity index (χ2v) is 5.10. The van der Waals surface area contributed by atoms with Gasteiger partial charge in [-0.15, -0.1) is 0 Å². The Morgan fingerprint density at radius 2 is 1.83 bits per heavy atom. The third kappa shape index (κ3) is 4.95. The minimum atomic E-state index is -0.336. The highest BCUT2D eigenvalue weighted by atomic mass is 16.5. The SMILES string of the molecule is CCOc1ccccc1CCC(=O)Oc1cccc(C(C)=O)c1. The molecule has 2 aromatic carbocycles. The van der Waals surface area contributed by atoms with Gasteiger partial charge in [0.1, 0.15) is 11.5 Å². The van der Waals surface area contributed by atoms with Crippen LogP contribution in [-0.2, 0) is 11.2 Å². The van der Waals surface area contributed by atoms with E-state index in [2.05, 4.69) is 0 Å². The van der Waals surface area contributed by atoms with E-state index >= 15 is 0 Å². The van der Waals surface area contributed by atoms with Crippen LogP contribution in [0.15, 0.2) is 48.5 Å². The lowest BCUT2D eigenvalue weighted by molar-refractivity contribution is -0.134. The third-order valence-electron chi connectivity index (χ3n) is 3.34. The molecule has 0 unspecified atom stereocenters. The first-order valence-electron chi connectivity index (χ1n) is 7.62. The average Bonchev–Trinajstić information content (AvgIpc) is 2.54. The first-order chi connectivity index (χ1) is 11.1. The summed E-state index contributed by atoms with van der Waals surface area (Å²) in [5, 5.41) is 0. The third-order valence-corrected chi connectivity index (χ3v) is 3.34. The van der Waals surface area contributed by atoms with E-state index in [1.54, 1.807) is 24.3 Å². The van der Waals surface area contributed by atoms with E-state index in [4.69, 9.17) is 9.47 Å². The topological polar surface area (TPSA) is 52.6 Å². The molecular formula is C19H20O4. The van der Waals surface area contributed by atoms with Crippen molar-refractivity contribution in [1.82, 2.24) is 0 Å². The fourth-order valence-electron chi connectivity index (χ4n) is 2.20. The van der Waals surface area contributed by atoms with Crippen LogP contribution in [0.4, 0.5) is 0 Å². The number of Topliss-reactive ketones (excluding diaryl/α,β-unsaturated/α-hetero) is 1. The van der Waals surface area contributed by atoms with Crippen LogP contribution in [0.3, 0.4) is 0 Å². The Morgan fingerprint density at radius 3 is 2.57 bits per heavy atom. The molecule has 0 atom stereocenters. The Balaban J connectivity index is 1.95. The van der Waals surface area contributed by atoms with Crippen molar-refractivity contribution < 1.29 is 19.1 Å². The lowest BCUT2D eigenvalue weighted by Crippen LogP contribution is -2.10. The predicted octanol–water partition coefficient (Wildman–Crippen LogP) is 3.83. The number of rotatable bonds is 7. The summed E-state index contributed by atoms with van der Waals surface area (Å²) < 4.78 is 10.8. The Bertz CT molecular complexity index is 691. The van der Waals surface area contributed by atoms with Crippen molar-refractivity contribution in [2.24, 2.45) is 0 Å². The molecule has 0 aliphatic heterocycles. The van der Waals surface area contributed by atoms with Crippen LogP contribution < -0.4 is 9.47 Å². The van der Waals surface area contributed by atoms with E-state index in [1.807, 2.05) is 31.2 Å². The minimum Gasteiger partial charge on any atom is -0.494 e. The summed E-state index contributed by atoms with van der Waals surface area (Å²) in [5.41, 5.74) is 1.50. The van der Waals surface area contributed by atoms with Gasteiger partial charge in [-0.05, 0) is 44.0 Å². The van der Waals surface area contributed by atoms with E-state index in [1.165, 1.54) is 6.92 Å². The molecule has 0 bridgehead atoms. The fourth-order valence-corrected chi connectivity index (χ4v) is 2.20. The summed E-state index contributed by atoms with van der Waals surface area (Å²) >= 11 is 0. The zero-order valence-electron chi connectivity index (χ0n) is 13.4. The number of aryl methyl sites for hydroxylation is 1. The average molecular weight is 312 g/mol. The Morgan fingerprint density at radius 1 is 1.04 bits per heavy atom. The van der Waals surface area contributed by atoms with Gasteiger partial charge in [0.05, 0.1) is 13.0 Å². The van der Waals surface area contributed by atoms with Crippen molar-refractivity contribution in [3.05, 3.63) is 59.7 Å². The van der Waals surface area contributed by atoms with Gasteiger partial charge in [-0.2, -0.15) is 0 Å². The van der Waals surface area contributed by atoms with Crippen molar-refractivity contribution in [1.29, 1.82) is 0 Å². The number of para-hydroxylation sites is 1. The summed E-state index contributed by atoms with van der Waals surface area (Å²) in [4.78, 5) is 23.3. The highest BCUT2D eigenvalue weighted by Gasteiger charge is 2.09. The van der Waals surface area contributed by atoms with Crippen LogP contribution >= 0.6 is 0 Å². The second-order valence-electron chi connectivity index (χ2n) is 5.10. The molecule has 0 N–H and O–H groups in total. The zero-order chi connectivity index (χ0) is 16.7. The van der Waals surface area contributed by atoms with E-state index in [9.17, 15) is 9.59 Å². The second kappa shape index (κ2) is 8.13. The lowest BCUT2D eigenvalue weighted by Gasteiger charge is -2.10. The van der Waals surface area contributed by atoms with Gasteiger partial charge in [0.25, 0.3) is 0 Å². The van der Waals surface area contributed by atoms with Crippen molar-refractivity contribution in [3.63, 3.8) is 0 Å². The summed E-state index contributed by atoms with van der Waals surface area (Å²) in [6.45, 7) is 3.98. The normalized spacial score (nSPS) is 10.2.